The summed E-state index contributed by atoms with van der Waals surface area (Å²) in [7, 11) is -3.79. The van der Waals surface area contributed by atoms with E-state index in [1.54, 1.807) is 0 Å². The van der Waals surface area contributed by atoms with Crippen LogP contribution >= 0.6 is 11.3 Å². The number of carbonyl (C=O) groups excluding carboxylic acids is 1. The van der Waals surface area contributed by atoms with Gasteiger partial charge < -0.3 is 16.4 Å². The number of hydrogen-bond donors (Lipinski definition) is 4. The maximum absolute atomic E-state index is 12.4. The number of nitrogens with two attached hydrogens (primary N) is 2. The smallest absolute Gasteiger partial charge is 0.269 e. The molecule has 6 N–H and O–H groups in total. The van der Waals surface area contributed by atoms with Crippen LogP contribution in [0.4, 0.5) is 28.0 Å². The molecule has 0 bridgehead atoms. The second-order valence-corrected chi connectivity index (χ2v) is 8.25. The topological polar surface area (TPSA) is 183 Å². The molecule has 13 heteroatoms. The first-order valence-electron chi connectivity index (χ1n) is 7.85. The van der Waals surface area contributed by atoms with Gasteiger partial charge in [0.1, 0.15) is 10.7 Å². The number of nitro benzene ring substituents is 1. The lowest BCUT2D eigenvalue weighted by Gasteiger charge is -2.04. The van der Waals surface area contributed by atoms with Crippen molar-refractivity contribution in [3.05, 3.63) is 63.5 Å². The fourth-order valence-electron chi connectivity index (χ4n) is 2.25. The van der Waals surface area contributed by atoms with Gasteiger partial charge in [-0.05, 0) is 36.4 Å². The number of nitrogens with one attached hydrogen (secondary N) is 2. The van der Waals surface area contributed by atoms with Gasteiger partial charge in [-0.3, -0.25) is 14.9 Å². The molecule has 0 aliphatic carbocycles. The molecule has 3 rings (SSSR count). The molecule has 0 saturated heterocycles. The third-order valence-electron chi connectivity index (χ3n) is 3.63. The molecule has 0 aliphatic heterocycles. The highest BCUT2D eigenvalue weighted by atomic mass is 32.2. The quantitative estimate of drug-likeness (QED) is 0.336. The number of hydrogen-bond acceptors (Lipinski definition) is 9. The molecule has 0 fully saturated rings. The predicted octanol–water partition coefficient (Wildman–Crippen LogP) is 2.28. The summed E-state index contributed by atoms with van der Waals surface area (Å²) < 4.78 is 22.6. The highest BCUT2D eigenvalue weighted by Crippen LogP contribution is 2.29. The Hall–Kier alpha value is -3.55. The van der Waals surface area contributed by atoms with Crippen LogP contribution in [0, 0.1) is 10.1 Å². The molecule has 0 unspecified atom stereocenters. The molecule has 0 spiro atoms. The zero-order chi connectivity index (χ0) is 21.2. The van der Waals surface area contributed by atoms with Gasteiger partial charge in [-0.15, -0.1) is 0 Å². The number of benzene rings is 2. The highest BCUT2D eigenvalue weighted by Gasteiger charge is 2.17. The Balaban J connectivity index is 1.72. The molecule has 29 heavy (non-hydrogen) atoms. The van der Waals surface area contributed by atoms with Crippen LogP contribution in [0.5, 0.6) is 0 Å². The molecule has 2 aromatic carbocycles. The van der Waals surface area contributed by atoms with Crippen LogP contribution in [0.3, 0.4) is 0 Å². The van der Waals surface area contributed by atoms with Gasteiger partial charge >= 0.3 is 0 Å². The van der Waals surface area contributed by atoms with Crippen LogP contribution < -0.4 is 21.5 Å². The van der Waals surface area contributed by atoms with E-state index in [1.807, 2.05) is 0 Å². The number of rotatable bonds is 6. The zero-order valence-corrected chi connectivity index (χ0v) is 16.2. The van der Waals surface area contributed by atoms with Crippen molar-refractivity contribution in [2.45, 2.75) is 4.90 Å². The average Bonchev–Trinajstić information content (AvgIpc) is 3.02. The normalized spacial score (nSPS) is 11.1. The number of nitro groups is 1. The van der Waals surface area contributed by atoms with Crippen LogP contribution in [0.2, 0.25) is 0 Å². The zero-order valence-electron chi connectivity index (χ0n) is 14.5. The van der Waals surface area contributed by atoms with Crippen LogP contribution in [0.15, 0.2) is 53.4 Å². The van der Waals surface area contributed by atoms with E-state index in [4.69, 9.17) is 10.9 Å². The van der Waals surface area contributed by atoms with Crippen molar-refractivity contribution < 1.29 is 18.1 Å². The lowest BCUT2D eigenvalue weighted by atomic mass is 10.3. The predicted molar refractivity (Wildman–Crippen MR) is 109 cm³/mol. The number of thiazole rings is 1. The standard InChI is InChI=1S/C16H14N6O5S2/c17-14-13(15(23)19-9-1-5-11(6-2-9)22(24)25)28-16(21-14)20-10-3-7-12(8-4-10)29(18,26)27/h1-8H,17H2,(H,19,23)(H,20,21)(H2,18,26,27). The van der Waals surface area contributed by atoms with E-state index in [0.717, 1.165) is 11.3 Å². The van der Waals surface area contributed by atoms with Crippen molar-refractivity contribution in [2.75, 3.05) is 16.4 Å². The Labute approximate surface area is 168 Å². The Morgan fingerprint density at radius 1 is 1.07 bits per heavy atom. The Kier molecular flexibility index (Phi) is 5.45. The molecule has 1 aromatic heterocycles. The van der Waals surface area contributed by atoms with Crippen LogP contribution in [-0.4, -0.2) is 24.2 Å². The highest BCUT2D eigenvalue weighted by molar-refractivity contribution is 7.89. The molecule has 0 atom stereocenters. The number of nitrogens with zero attached hydrogens (tertiary/aromatic N) is 2. The van der Waals surface area contributed by atoms with Crippen molar-refractivity contribution in [1.82, 2.24) is 4.98 Å². The van der Waals surface area contributed by atoms with E-state index >= 15 is 0 Å². The van der Waals surface area contributed by atoms with Crippen molar-refractivity contribution in [2.24, 2.45) is 5.14 Å². The number of aromatic nitrogens is 1. The van der Waals surface area contributed by atoms with E-state index in [0.29, 0.717) is 16.5 Å². The minimum atomic E-state index is -3.79. The molecule has 0 aliphatic rings. The molecule has 0 saturated carbocycles. The van der Waals surface area contributed by atoms with Crippen molar-refractivity contribution in [3.63, 3.8) is 0 Å². The Bertz CT molecular complexity index is 1170. The summed E-state index contributed by atoms with van der Waals surface area (Å²) in [6, 6.07) is 11.0. The summed E-state index contributed by atoms with van der Waals surface area (Å²) in [6.45, 7) is 0. The summed E-state index contributed by atoms with van der Waals surface area (Å²) >= 11 is 0.989. The first kappa shape index (κ1) is 20.2. The second-order valence-electron chi connectivity index (χ2n) is 5.69. The number of amides is 1. The van der Waals surface area contributed by atoms with E-state index in [1.165, 1.54) is 48.5 Å². The Morgan fingerprint density at radius 2 is 1.66 bits per heavy atom. The molecule has 1 heterocycles. The maximum atomic E-state index is 12.4. The molecular weight excluding hydrogens is 420 g/mol. The van der Waals surface area contributed by atoms with Gasteiger partial charge in [-0.1, -0.05) is 11.3 Å². The maximum Gasteiger partial charge on any atom is 0.269 e. The fraction of sp³-hybridized carbons (Fsp3) is 0. The van der Waals surface area contributed by atoms with Gasteiger partial charge in [0.25, 0.3) is 11.6 Å². The first-order chi connectivity index (χ1) is 13.6. The van der Waals surface area contributed by atoms with Gasteiger partial charge in [-0.2, -0.15) is 0 Å². The summed E-state index contributed by atoms with van der Waals surface area (Å²) in [5.74, 6) is -0.524. The van der Waals surface area contributed by atoms with Crippen LogP contribution in [0.1, 0.15) is 9.67 Å². The largest absolute Gasteiger partial charge is 0.382 e. The molecular formula is C16H14N6O5S2. The SMILES string of the molecule is Nc1nc(Nc2ccc(S(N)(=O)=O)cc2)sc1C(=O)Nc1ccc([N+](=O)[O-])cc1. The number of non-ortho nitro benzene ring substituents is 1. The molecule has 3 aromatic rings. The van der Waals surface area contributed by atoms with Gasteiger partial charge in [0.05, 0.1) is 9.82 Å². The lowest BCUT2D eigenvalue weighted by molar-refractivity contribution is -0.384. The Morgan fingerprint density at radius 3 is 2.21 bits per heavy atom. The molecule has 150 valence electrons. The van der Waals surface area contributed by atoms with Gasteiger partial charge in [-0.25, -0.2) is 18.5 Å². The number of sulfonamides is 1. The van der Waals surface area contributed by atoms with Crippen molar-refractivity contribution in [3.8, 4) is 0 Å². The van der Waals surface area contributed by atoms with Gasteiger partial charge in [0.2, 0.25) is 10.0 Å². The van der Waals surface area contributed by atoms with Crippen LogP contribution in [-0.2, 0) is 10.0 Å². The second kappa shape index (κ2) is 7.83. The summed E-state index contributed by atoms with van der Waals surface area (Å²) in [5, 5.41) is 21.5. The summed E-state index contributed by atoms with van der Waals surface area (Å²) in [6.07, 6.45) is 0. The number of nitrogen functional groups attached to an aromatic ring is 1. The minimum absolute atomic E-state index is 0.00179. The van der Waals surface area contributed by atoms with Crippen molar-refractivity contribution >= 4 is 55.3 Å². The third kappa shape index (κ3) is 4.84. The van der Waals surface area contributed by atoms with Crippen LogP contribution in [0.25, 0.3) is 0 Å². The van der Waals surface area contributed by atoms with Gasteiger partial charge in [0.15, 0.2) is 5.13 Å². The van der Waals surface area contributed by atoms with E-state index in [9.17, 15) is 23.3 Å². The average molecular weight is 434 g/mol. The van der Waals surface area contributed by atoms with E-state index in [2.05, 4.69) is 15.6 Å². The summed E-state index contributed by atoms with van der Waals surface area (Å²) in [4.78, 5) is 26.7. The lowest BCUT2D eigenvalue weighted by Crippen LogP contribution is -2.12. The fourth-order valence-corrected chi connectivity index (χ4v) is 3.57. The van der Waals surface area contributed by atoms with E-state index < -0.39 is 20.9 Å². The van der Waals surface area contributed by atoms with Crippen molar-refractivity contribution in [1.29, 1.82) is 0 Å². The first-order valence-corrected chi connectivity index (χ1v) is 10.2. The third-order valence-corrected chi connectivity index (χ3v) is 5.54. The number of primary sulfonamides is 1. The summed E-state index contributed by atoms with van der Waals surface area (Å²) in [5.41, 5.74) is 6.60. The number of anilines is 4. The molecule has 11 nitrogen and oxygen atoms in total. The van der Waals surface area contributed by atoms with Gasteiger partial charge in [0, 0.05) is 23.5 Å². The van der Waals surface area contributed by atoms with E-state index in [-0.39, 0.29) is 21.3 Å². The molecule has 0 radical (unpaired) electrons. The minimum Gasteiger partial charge on any atom is -0.382 e. The number of carbonyl (C=O) groups is 1. The monoisotopic (exact) mass is 434 g/mol. The molecule has 1 amide bonds.